The van der Waals surface area contributed by atoms with Crippen LogP contribution < -0.4 is 10.1 Å². The Kier molecular flexibility index (Phi) is 4.66. The van der Waals surface area contributed by atoms with Crippen LogP contribution in [-0.4, -0.2) is 18.6 Å². The molecule has 1 aromatic carbocycles. The first-order chi connectivity index (χ1) is 7.76. The molecule has 0 bridgehead atoms. The zero-order valence-corrected chi connectivity index (χ0v) is 13.1. The normalized spacial score (nSPS) is 11.2. The summed E-state index contributed by atoms with van der Waals surface area (Å²) < 4.78 is 5.91. The number of methoxy groups -OCH3 is 1. The van der Waals surface area contributed by atoms with Gasteiger partial charge in [-0.15, -0.1) is 0 Å². The number of benzene rings is 1. The third-order valence-corrected chi connectivity index (χ3v) is 3.27. The van der Waals surface area contributed by atoms with Crippen molar-refractivity contribution in [2.45, 2.75) is 26.3 Å². The van der Waals surface area contributed by atoms with Crippen molar-refractivity contribution in [3.05, 3.63) is 26.3 Å². The first-order valence-electron chi connectivity index (χ1n) is 5.11. The van der Waals surface area contributed by atoms with Crippen LogP contribution in [0.5, 0.6) is 5.75 Å². The van der Waals surface area contributed by atoms with Gasteiger partial charge >= 0.3 is 0 Å². The fourth-order valence-electron chi connectivity index (χ4n) is 1.30. The van der Waals surface area contributed by atoms with Gasteiger partial charge in [0.1, 0.15) is 5.75 Å². The van der Waals surface area contributed by atoms with E-state index in [4.69, 9.17) is 16.3 Å². The van der Waals surface area contributed by atoms with E-state index in [2.05, 4.69) is 27.9 Å². The minimum absolute atomic E-state index is 0.189. The summed E-state index contributed by atoms with van der Waals surface area (Å²) >= 11 is 8.23. The maximum absolute atomic E-state index is 12.1. The largest absolute Gasteiger partial charge is 0.495 e. The van der Waals surface area contributed by atoms with Crippen LogP contribution in [0, 0.1) is 3.57 Å². The smallest absolute Gasteiger partial charge is 0.254 e. The van der Waals surface area contributed by atoms with Crippen molar-refractivity contribution in [1.82, 2.24) is 5.32 Å². The van der Waals surface area contributed by atoms with Gasteiger partial charge in [-0.25, -0.2) is 0 Å². The number of hydrogen-bond donors (Lipinski definition) is 1. The standard InChI is InChI=1S/C12H15ClINO2/c1-12(2,3)15-11(16)9-7(14)5-6-8(17-4)10(9)13/h5-6H,1-4H3,(H,15,16). The van der Waals surface area contributed by atoms with Gasteiger partial charge in [-0.05, 0) is 55.5 Å². The van der Waals surface area contributed by atoms with Gasteiger partial charge in [0.15, 0.2) is 0 Å². The molecule has 0 fully saturated rings. The summed E-state index contributed by atoms with van der Waals surface area (Å²) in [5.74, 6) is 0.317. The summed E-state index contributed by atoms with van der Waals surface area (Å²) in [6.45, 7) is 5.77. The monoisotopic (exact) mass is 367 g/mol. The van der Waals surface area contributed by atoms with E-state index in [9.17, 15) is 4.79 Å². The molecule has 0 aliphatic heterocycles. The Bertz CT molecular complexity index is 441. The zero-order chi connectivity index (χ0) is 13.2. The quantitative estimate of drug-likeness (QED) is 0.813. The van der Waals surface area contributed by atoms with Crippen LogP contribution in [0.3, 0.4) is 0 Å². The molecule has 0 radical (unpaired) electrons. The minimum Gasteiger partial charge on any atom is -0.495 e. The number of ether oxygens (including phenoxy) is 1. The Morgan fingerprint density at radius 3 is 2.47 bits per heavy atom. The molecule has 0 saturated heterocycles. The molecule has 3 nitrogen and oxygen atoms in total. The molecule has 1 amide bonds. The molecule has 0 aliphatic carbocycles. The van der Waals surface area contributed by atoms with Crippen LogP contribution in [0.1, 0.15) is 31.1 Å². The average molecular weight is 368 g/mol. The van der Waals surface area contributed by atoms with Crippen molar-refractivity contribution in [3.63, 3.8) is 0 Å². The van der Waals surface area contributed by atoms with Crippen molar-refractivity contribution in [2.75, 3.05) is 7.11 Å². The molecule has 1 N–H and O–H groups in total. The SMILES string of the molecule is COc1ccc(I)c(C(=O)NC(C)(C)C)c1Cl. The van der Waals surface area contributed by atoms with Gasteiger partial charge in [-0.2, -0.15) is 0 Å². The number of carbonyl (C=O) groups excluding carboxylic acids is 1. The lowest BCUT2D eigenvalue weighted by molar-refractivity contribution is 0.0918. The van der Waals surface area contributed by atoms with E-state index < -0.39 is 0 Å². The van der Waals surface area contributed by atoms with Crippen LogP contribution in [-0.2, 0) is 0 Å². The van der Waals surface area contributed by atoms with Gasteiger partial charge in [0.2, 0.25) is 0 Å². The Hall–Kier alpha value is -0.490. The summed E-state index contributed by atoms with van der Waals surface area (Å²) in [6, 6.07) is 3.56. The second-order valence-corrected chi connectivity index (χ2v) is 6.18. The van der Waals surface area contributed by atoms with Crippen LogP contribution in [0.4, 0.5) is 0 Å². The highest BCUT2D eigenvalue weighted by Crippen LogP contribution is 2.31. The van der Waals surface area contributed by atoms with Gasteiger partial charge in [0.25, 0.3) is 5.91 Å². The first kappa shape index (κ1) is 14.6. The van der Waals surface area contributed by atoms with Crippen molar-refractivity contribution in [1.29, 1.82) is 0 Å². The minimum atomic E-state index is -0.299. The molecule has 17 heavy (non-hydrogen) atoms. The fourth-order valence-corrected chi connectivity index (χ4v) is 2.48. The highest BCUT2D eigenvalue weighted by atomic mass is 127. The summed E-state index contributed by atoms with van der Waals surface area (Å²) in [7, 11) is 1.53. The summed E-state index contributed by atoms with van der Waals surface area (Å²) in [5, 5.41) is 3.23. The van der Waals surface area contributed by atoms with Crippen molar-refractivity contribution >= 4 is 40.1 Å². The van der Waals surface area contributed by atoms with E-state index >= 15 is 0 Å². The molecule has 94 valence electrons. The third-order valence-electron chi connectivity index (χ3n) is 1.99. The lowest BCUT2D eigenvalue weighted by Gasteiger charge is -2.21. The number of halogens is 2. The van der Waals surface area contributed by atoms with E-state index in [-0.39, 0.29) is 11.4 Å². The molecule has 0 saturated carbocycles. The molecular weight excluding hydrogens is 352 g/mol. The van der Waals surface area contributed by atoms with E-state index in [1.54, 1.807) is 6.07 Å². The van der Waals surface area contributed by atoms with Gasteiger partial charge in [-0.1, -0.05) is 11.6 Å². The third kappa shape index (κ3) is 3.74. The second kappa shape index (κ2) is 5.44. The number of amides is 1. The van der Waals surface area contributed by atoms with E-state index in [0.717, 1.165) is 3.57 Å². The molecular formula is C12H15ClINO2. The molecule has 1 aromatic rings. The van der Waals surface area contributed by atoms with Gasteiger partial charge in [-0.3, -0.25) is 4.79 Å². The predicted octanol–water partition coefficient (Wildman–Crippen LogP) is 3.48. The molecule has 0 spiro atoms. The average Bonchev–Trinajstić information content (AvgIpc) is 2.15. The lowest BCUT2D eigenvalue weighted by Crippen LogP contribution is -2.41. The Labute approximate surface area is 120 Å². The number of rotatable bonds is 2. The van der Waals surface area contributed by atoms with Crippen molar-refractivity contribution in [2.24, 2.45) is 0 Å². The Morgan fingerprint density at radius 2 is 2.00 bits per heavy atom. The Balaban J connectivity index is 3.17. The molecule has 0 aliphatic rings. The van der Waals surface area contributed by atoms with E-state index in [1.807, 2.05) is 26.8 Å². The molecule has 0 aromatic heterocycles. The zero-order valence-electron chi connectivity index (χ0n) is 10.2. The first-order valence-corrected chi connectivity index (χ1v) is 6.56. The van der Waals surface area contributed by atoms with Gasteiger partial charge < -0.3 is 10.1 Å². The molecule has 1 rings (SSSR count). The highest BCUT2D eigenvalue weighted by molar-refractivity contribution is 14.1. The van der Waals surface area contributed by atoms with Gasteiger partial charge in [0.05, 0.1) is 17.7 Å². The second-order valence-electron chi connectivity index (χ2n) is 4.64. The van der Waals surface area contributed by atoms with Crippen molar-refractivity contribution < 1.29 is 9.53 Å². The summed E-state index contributed by atoms with van der Waals surface area (Å²) in [4.78, 5) is 12.1. The number of carbonyl (C=O) groups is 1. The fraction of sp³-hybridized carbons (Fsp3) is 0.417. The van der Waals surface area contributed by atoms with Crippen LogP contribution in [0.2, 0.25) is 5.02 Å². The lowest BCUT2D eigenvalue weighted by atomic mass is 10.1. The maximum atomic E-state index is 12.1. The molecule has 0 unspecified atom stereocenters. The van der Waals surface area contributed by atoms with Crippen molar-refractivity contribution in [3.8, 4) is 5.75 Å². The maximum Gasteiger partial charge on any atom is 0.254 e. The Morgan fingerprint density at radius 1 is 1.41 bits per heavy atom. The summed E-state index contributed by atoms with van der Waals surface area (Å²) in [5.41, 5.74) is 0.161. The molecule has 0 atom stereocenters. The van der Waals surface area contributed by atoms with Crippen LogP contribution in [0.15, 0.2) is 12.1 Å². The highest BCUT2D eigenvalue weighted by Gasteiger charge is 2.21. The predicted molar refractivity (Wildman–Crippen MR) is 77.9 cm³/mol. The van der Waals surface area contributed by atoms with Gasteiger partial charge in [0, 0.05) is 9.11 Å². The number of hydrogen-bond acceptors (Lipinski definition) is 2. The van der Waals surface area contributed by atoms with E-state index in [0.29, 0.717) is 16.3 Å². The van der Waals surface area contributed by atoms with Crippen LogP contribution >= 0.6 is 34.2 Å². The molecule has 5 heteroatoms. The van der Waals surface area contributed by atoms with E-state index in [1.165, 1.54) is 7.11 Å². The number of nitrogens with one attached hydrogen (secondary N) is 1. The van der Waals surface area contributed by atoms with Crippen LogP contribution in [0.25, 0.3) is 0 Å². The summed E-state index contributed by atoms with van der Waals surface area (Å²) in [6.07, 6.45) is 0. The molecule has 0 heterocycles. The topological polar surface area (TPSA) is 38.3 Å².